The Morgan fingerprint density at radius 1 is 0.959 bits per heavy atom. The number of piperidine rings is 1. The van der Waals surface area contributed by atoms with Crippen molar-refractivity contribution in [2.45, 2.75) is 30.3 Å². The molecule has 49 heavy (non-hydrogen) atoms. The van der Waals surface area contributed by atoms with Crippen molar-refractivity contribution in [1.29, 1.82) is 0 Å². The highest BCUT2D eigenvalue weighted by molar-refractivity contribution is 7.92. The molecule has 0 aliphatic carbocycles. The zero-order valence-corrected chi connectivity index (χ0v) is 29.4. The summed E-state index contributed by atoms with van der Waals surface area (Å²) in [5.41, 5.74) is 1.65. The topological polar surface area (TPSA) is 147 Å². The van der Waals surface area contributed by atoms with Gasteiger partial charge >= 0.3 is 6.03 Å². The molecule has 3 aromatic carbocycles. The largest absolute Gasteiger partial charge is 0.493 e. The van der Waals surface area contributed by atoms with Crippen molar-refractivity contribution in [3.05, 3.63) is 96.4 Å². The fraction of sp³-hybridized carbons (Fsp3) is 0.273. The molecule has 16 heteroatoms. The molecule has 1 fully saturated rings. The maximum absolute atomic E-state index is 14.2. The Balaban J connectivity index is 0.00000541. The normalized spacial score (nSPS) is 14.0. The number of amides is 2. The molecule has 2 amide bonds. The summed E-state index contributed by atoms with van der Waals surface area (Å²) in [6.07, 6.45) is 5.13. The summed E-state index contributed by atoms with van der Waals surface area (Å²) in [7, 11) is -5.69. The van der Waals surface area contributed by atoms with Gasteiger partial charge in [0, 0.05) is 61.6 Å². The number of hydrogen-bond acceptors (Lipinski definition) is 9. The zero-order chi connectivity index (χ0) is 34.5. The predicted molar refractivity (Wildman–Crippen MR) is 189 cm³/mol. The second-order valence-corrected chi connectivity index (χ2v) is 15.2. The number of pyridine rings is 1. The SMILES string of the molecule is COc1cc(S(C)(=O)=O)ccc1Oc1ccc(CN2CCC(N(C(=O)Nc3ccc(F)c(NS(C)(=O)=O)c3)c3ccccc3)CC2)cn1.Cl. The van der Waals surface area contributed by atoms with Crippen LogP contribution in [0.3, 0.4) is 0 Å². The number of aromatic nitrogens is 1. The van der Waals surface area contributed by atoms with E-state index in [1.54, 1.807) is 17.2 Å². The molecule has 0 atom stereocenters. The number of likely N-dealkylation sites (tertiary alicyclic amines) is 1. The van der Waals surface area contributed by atoms with E-state index in [0.717, 1.165) is 24.1 Å². The number of nitrogens with one attached hydrogen (secondary N) is 2. The van der Waals surface area contributed by atoms with Crippen LogP contribution < -0.4 is 24.4 Å². The number of carbonyl (C=O) groups excluding carboxylic acids is 1. The van der Waals surface area contributed by atoms with Crippen molar-refractivity contribution in [1.82, 2.24) is 9.88 Å². The van der Waals surface area contributed by atoms with Gasteiger partial charge in [-0.15, -0.1) is 12.4 Å². The van der Waals surface area contributed by atoms with Gasteiger partial charge in [0.05, 0.1) is 23.9 Å². The molecule has 1 aromatic heterocycles. The lowest BCUT2D eigenvalue weighted by Gasteiger charge is -2.38. The van der Waals surface area contributed by atoms with Gasteiger partial charge in [-0.1, -0.05) is 24.3 Å². The molecular weight excluding hydrogens is 697 g/mol. The van der Waals surface area contributed by atoms with Crippen molar-refractivity contribution in [2.75, 3.05) is 47.6 Å². The van der Waals surface area contributed by atoms with E-state index in [1.807, 2.05) is 36.4 Å². The van der Waals surface area contributed by atoms with E-state index in [0.29, 0.717) is 49.8 Å². The van der Waals surface area contributed by atoms with E-state index in [1.165, 1.54) is 37.4 Å². The molecule has 2 N–H and O–H groups in total. The zero-order valence-electron chi connectivity index (χ0n) is 27.0. The molecule has 5 rings (SSSR count). The van der Waals surface area contributed by atoms with Gasteiger partial charge in [0.15, 0.2) is 21.3 Å². The van der Waals surface area contributed by atoms with E-state index < -0.39 is 31.7 Å². The molecule has 262 valence electrons. The average molecular weight is 734 g/mol. The van der Waals surface area contributed by atoms with E-state index in [2.05, 4.69) is 19.9 Å². The van der Waals surface area contributed by atoms with Gasteiger partial charge in [0.2, 0.25) is 15.9 Å². The van der Waals surface area contributed by atoms with E-state index in [-0.39, 0.29) is 40.5 Å². The number of urea groups is 1. The first-order chi connectivity index (χ1) is 22.8. The Labute approximate surface area is 291 Å². The number of nitrogens with zero attached hydrogens (tertiary/aromatic N) is 3. The summed E-state index contributed by atoms with van der Waals surface area (Å²) in [5.74, 6) is 0.179. The lowest BCUT2D eigenvalue weighted by molar-refractivity contribution is 0.199. The van der Waals surface area contributed by atoms with Crippen molar-refractivity contribution >= 4 is 55.4 Å². The van der Waals surface area contributed by atoms with Crippen LogP contribution in [0, 0.1) is 5.82 Å². The minimum atomic E-state index is -3.72. The number of sulfonamides is 1. The highest BCUT2D eigenvalue weighted by atomic mass is 35.5. The summed E-state index contributed by atoms with van der Waals surface area (Å²) >= 11 is 0. The van der Waals surface area contributed by atoms with E-state index >= 15 is 0 Å². The van der Waals surface area contributed by atoms with E-state index in [9.17, 15) is 26.0 Å². The number of halogens is 2. The molecular formula is C33H37ClFN5O7S2. The Bertz CT molecular complexity index is 1980. The maximum Gasteiger partial charge on any atom is 0.326 e. The Kier molecular flexibility index (Phi) is 12.1. The number of para-hydroxylation sites is 1. The van der Waals surface area contributed by atoms with E-state index in [4.69, 9.17) is 9.47 Å². The standard InChI is InChI=1S/C33H36FN5O7S2.ClH/c1-45-31-20-27(47(2,41)42)11-13-30(31)46-32-14-9-23(21-35-32)22-38-17-15-26(16-18-38)39(25-7-5-4-6-8-25)33(40)36-24-10-12-28(34)29(19-24)37-48(3,43)44;/h4-14,19-21,26,37H,15-18,22H2,1-3H3,(H,36,40);1H. The number of anilines is 3. The Morgan fingerprint density at radius 2 is 1.67 bits per heavy atom. The fourth-order valence-corrected chi connectivity index (χ4v) is 6.57. The molecule has 0 unspecified atom stereocenters. The van der Waals surface area contributed by atoms with Crippen molar-refractivity contribution in [3.63, 3.8) is 0 Å². The van der Waals surface area contributed by atoms with Crippen LogP contribution >= 0.6 is 12.4 Å². The smallest absolute Gasteiger partial charge is 0.326 e. The minimum absolute atomic E-state index is 0. The first-order valence-electron chi connectivity index (χ1n) is 14.9. The molecule has 0 saturated carbocycles. The molecule has 1 aliphatic rings. The average Bonchev–Trinajstić information content (AvgIpc) is 3.04. The van der Waals surface area contributed by atoms with Crippen LogP contribution in [0.25, 0.3) is 0 Å². The minimum Gasteiger partial charge on any atom is -0.493 e. The van der Waals surface area contributed by atoms with Gasteiger partial charge in [-0.2, -0.15) is 0 Å². The Hall–Kier alpha value is -4.44. The van der Waals surface area contributed by atoms with Gasteiger partial charge in [0.25, 0.3) is 0 Å². The third-order valence-corrected chi connectivity index (χ3v) is 9.37. The highest BCUT2D eigenvalue weighted by Crippen LogP contribution is 2.33. The number of carbonyl (C=O) groups is 1. The maximum atomic E-state index is 14.2. The Morgan fingerprint density at radius 3 is 2.29 bits per heavy atom. The summed E-state index contributed by atoms with van der Waals surface area (Å²) in [5, 5.41) is 2.80. The van der Waals surface area contributed by atoms with Gasteiger partial charge in [-0.3, -0.25) is 14.5 Å². The highest BCUT2D eigenvalue weighted by Gasteiger charge is 2.29. The first-order valence-corrected chi connectivity index (χ1v) is 18.7. The third kappa shape index (κ3) is 10.0. The van der Waals surface area contributed by atoms with Crippen molar-refractivity contribution in [3.8, 4) is 17.4 Å². The fourth-order valence-electron chi connectivity index (χ4n) is 5.38. The summed E-state index contributed by atoms with van der Waals surface area (Å²) < 4.78 is 74.6. The number of rotatable bonds is 11. The van der Waals surface area contributed by atoms with Gasteiger partial charge in [-0.25, -0.2) is 31.0 Å². The van der Waals surface area contributed by atoms with Crippen molar-refractivity contribution in [2.24, 2.45) is 0 Å². The van der Waals surface area contributed by atoms with Crippen LogP contribution in [0.5, 0.6) is 17.4 Å². The van der Waals surface area contributed by atoms with Gasteiger partial charge < -0.3 is 14.8 Å². The molecule has 0 bridgehead atoms. The molecule has 1 saturated heterocycles. The van der Waals surface area contributed by atoms with Crippen LogP contribution in [0.15, 0.2) is 90.0 Å². The number of methoxy groups -OCH3 is 1. The first kappa shape index (κ1) is 37.4. The lowest BCUT2D eigenvalue weighted by atomic mass is 10.0. The molecule has 0 spiro atoms. The number of hydrogen-bond donors (Lipinski definition) is 2. The van der Waals surface area contributed by atoms with Crippen LogP contribution in [-0.4, -0.2) is 71.5 Å². The summed E-state index contributed by atoms with van der Waals surface area (Å²) in [6, 6.07) is 20.4. The number of benzene rings is 3. The third-order valence-electron chi connectivity index (χ3n) is 7.67. The van der Waals surface area contributed by atoms with Crippen LogP contribution in [0.2, 0.25) is 0 Å². The molecule has 4 aromatic rings. The van der Waals surface area contributed by atoms with Crippen molar-refractivity contribution < 1.29 is 35.5 Å². The lowest BCUT2D eigenvalue weighted by Crippen LogP contribution is -2.49. The summed E-state index contributed by atoms with van der Waals surface area (Å²) in [6.45, 7) is 2.06. The number of sulfone groups is 1. The second-order valence-electron chi connectivity index (χ2n) is 11.4. The molecule has 12 nitrogen and oxygen atoms in total. The van der Waals surface area contributed by atoms with Crippen LogP contribution in [0.4, 0.5) is 26.2 Å². The monoisotopic (exact) mass is 733 g/mol. The molecule has 1 aliphatic heterocycles. The number of ether oxygens (including phenoxy) is 2. The molecule has 0 radical (unpaired) electrons. The van der Waals surface area contributed by atoms with Crippen LogP contribution in [0.1, 0.15) is 18.4 Å². The predicted octanol–water partition coefficient (Wildman–Crippen LogP) is 5.92. The molecule has 2 heterocycles. The van der Waals surface area contributed by atoms with Gasteiger partial charge in [-0.05, 0) is 60.9 Å². The summed E-state index contributed by atoms with van der Waals surface area (Å²) in [4.78, 5) is 22.1. The second kappa shape index (κ2) is 15.8. The quantitative estimate of drug-likeness (QED) is 0.192. The van der Waals surface area contributed by atoms with Gasteiger partial charge in [0.1, 0.15) is 5.82 Å². The van der Waals surface area contributed by atoms with Crippen LogP contribution in [-0.2, 0) is 26.4 Å².